The number of hydrogen-bond acceptors (Lipinski definition) is 2. The van der Waals surface area contributed by atoms with Gasteiger partial charge in [-0.05, 0) is 24.6 Å². The third-order valence-corrected chi connectivity index (χ3v) is 3.07. The molecule has 0 radical (unpaired) electrons. The minimum absolute atomic E-state index is 0.0898. The van der Waals surface area contributed by atoms with Gasteiger partial charge in [-0.2, -0.15) is 0 Å². The van der Waals surface area contributed by atoms with E-state index in [0.29, 0.717) is 11.7 Å². The third-order valence-electron chi connectivity index (χ3n) is 3.07. The highest BCUT2D eigenvalue weighted by Crippen LogP contribution is 2.30. The summed E-state index contributed by atoms with van der Waals surface area (Å²) in [4.78, 5) is 4.16. The summed E-state index contributed by atoms with van der Waals surface area (Å²) in [6, 6.07) is 4.79. The Kier molecular flexibility index (Phi) is 2.67. The monoisotopic (exact) mass is 277 g/mol. The molecule has 3 rings (SSSR count). The molecule has 3 aromatic rings. The van der Waals surface area contributed by atoms with E-state index in [2.05, 4.69) is 4.98 Å². The van der Waals surface area contributed by atoms with Crippen molar-refractivity contribution in [3.8, 4) is 11.3 Å². The second-order valence-corrected chi connectivity index (χ2v) is 4.53. The highest BCUT2D eigenvalue weighted by molar-refractivity contribution is 5.75. The Hall–Kier alpha value is -2.50. The molecule has 0 saturated heterocycles. The average molecular weight is 277 g/mol. The predicted octanol–water partition coefficient (Wildman–Crippen LogP) is 3.31. The first-order valence-corrected chi connectivity index (χ1v) is 5.86. The topological polar surface area (TPSA) is 43.3 Å². The van der Waals surface area contributed by atoms with Gasteiger partial charge in [0.2, 0.25) is 0 Å². The number of pyridine rings is 1. The van der Waals surface area contributed by atoms with E-state index in [1.54, 1.807) is 16.7 Å². The number of benzene rings is 1. The Labute approximate surface area is 112 Å². The zero-order valence-electron chi connectivity index (χ0n) is 10.5. The van der Waals surface area contributed by atoms with E-state index in [4.69, 9.17) is 5.73 Å². The van der Waals surface area contributed by atoms with Crippen molar-refractivity contribution in [3.63, 3.8) is 0 Å². The van der Waals surface area contributed by atoms with Crippen molar-refractivity contribution in [2.24, 2.45) is 0 Å². The molecule has 2 heterocycles. The zero-order valence-corrected chi connectivity index (χ0v) is 10.5. The molecule has 0 unspecified atom stereocenters. The van der Waals surface area contributed by atoms with E-state index >= 15 is 0 Å². The number of halogens is 3. The molecule has 1 aromatic carbocycles. The van der Waals surface area contributed by atoms with Crippen molar-refractivity contribution in [1.29, 1.82) is 0 Å². The minimum atomic E-state index is -1.25. The van der Waals surface area contributed by atoms with Crippen LogP contribution in [-0.4, -0.2) is 9.38 Å². The first kappa shape index (κ1) is 12.5. The molecule has 0 atom stereocenters. The van der Waals surface area contributed by atoms with E-state index in [1.165, 1.54) is 0 Å². The molecule has 0 bridgehead atoms. The maximum absolute atomic E-state index is 13.8. The summed E-state index contributed by atoms with van der Waals surface area (Å²) in [6.45, 7) is 1.87. The standard InChI is InChI=1S/C14H10F3N3/c1-7-2-3-12-19-13(14(18)20(12)6-7)8-4-10(16)11(17)5-9(8)15/h2-6H,18H2,1H3. The van der Waals surface area contributed by atoms with Gasteiger partial charge >= 0.3 is 0 Å². The van der Waals surface area contributed by atoms with E-state index in [1.807, 2.05) is 13.0 Å². The molecule has 2 aromatic heterocycles. The van der Waals surface area contributed by atoms with Crippen molar-refractivity contribution in [3.05, 3.63) is 53.5 Å². The van der Waals surface area contributed by atoms with E-state index in [0.717, 1.165) is 11.6 Å². The number of fused-ring (bicyclic) bond motifs is 1. The Morgan fingerprint density at radius 2 is 1.75 bits per heavy atom. The van der Waals surface area contributed by atoms with Gasteiger partial charge in [0.25, 0.3) is 0 Å². The van der Waals surface area contributed by atoms with Crippen LogP contribution < -0.4 is 5.73 Å². The van der Waals surface area contributed by atoms with Crippen molar-refractivity contribution in [2.75, 3.05) is 5.73 Å². The molecule has 0 aliphatic carbocycles. The van der Waals surface area contributed by atoms with Crippen LogP contribution in [0.2, 0.25) is 0 Å². The average Bonchev–Trinajstić information content (AvgIpc) is 2.71. The lowest BCUT2D eigenvalue weighted by molar-refractivity contribution is 0.496. The van der Waals surface area contributed by atoms with Crippen molar-refractivity contribution < 1.29 is 13.2 Å². The molecule has 0 spiro atoms. The molecular formula is C14H10F3N3. The number of nitrogens with zero attached hydrogens (tertiary/aromatic N) is 2. The van der Waals surface area contributed by atoms with Crippen LogP contribution in [0.25, 0.3) is 16.9 Å². The van der Waals surface area contributed by atoms with Crippen LogP contribution in [0.1, 0.15) is 5.56 Å². The van der Waals surface area contributed by atoms with Gasteiger partial charge in [0.15, 0.2) is 11.6 Å². The summed E-state index contributed by atoms with van der Waals surface area (Å²) < 4.78 is 41.6. The second kappa shape index (κ2) is 4.26. The molecule has 102 valence electrons. The molecule has 0 amide bonds. The van der Waals surface area contributed by atoms with Crippen LogP contribution >= 0.6 is 0 Å². The Morgan fingerprint density at radius 3 is 2.50 bits per heavy atom. The quantitative estimate of drug-likeness (QED) is 0.693. The van der Waals surface area contributed by atoms with Gasteiger partial charge in [-0.25, -0.2) is 18.2 Å². The van der Waals surface area contributed by atoms with Gasteiger partial charge in [0, 0.05) is 17.8 Å². The van der Waals surface area contributed by atoms with Crippen molar-refractivity contribution in [2.45, 2.75) is 6.92 Å². The maximum atomic E-state index is 13.8. The number of aryl methyl sites for hydroxylation is 1. The largest absolute Gasteiger partial charge is 0.383 e. The fourth-order valence-corrected chi connectivity index (χ4v) is 2.07. The molecule has 2 N–H and O–H groups in total. The molecule has 3 nitrogen and oxygen atoms in total. The smallest absolute Gasteiger partial charge is 0.161 e. The van der Waals surface area contributed by atoms with Crippen LogP contribution in [0.3, 0.4) is 0 Å². The summed E-state index contributed by atoms with van der Waals surface area (Å²) in [5.74, 6) is -3.12. The van der Waals surface area contributed by atoms with Gasteiger partial charge in [-0.15, -0.1) is 0 Å². The van der Waals surface area contributed by atoms with Gasteiger partial charge in [-0.3, -0.25) is 4.40 Å². The zero-order chi connectivity index (χ0) is 14.4. The number of imidazole rings is 1. The van der Waals surface area contributed by atoms with E-state index in [-0.39, 0.29) is 17.1 Å². The summed E-state index contributed by atoms with van der Waals surface area (Å²) >= 11 is 0. The number of aromatic nitrogens is 2. The van der Waals surface area contributed by atoms with Crippen LogP contribution in [0, 0.1) is 24.4 Å². The molecule has 0 aliphatic rings. The minimum Gasteiger partial charge on any atom is -0.383 e. The normalized spacial score (nSPS) is 11.2. The van der Waals surface area contributed by atoms with Gasteiger partial charge in [0.05, 0.1) is 0 Å². The molecule has 0 saturated carbocycles. The van der Waals surface area contributed by atoms with Gasteiger partial charge in [0.1, 0.15) is 23.0 Å². The van der Waals surface area contributed by atoms with Crippen LogP contribution in [0.5, 0.6) is 0 Å². The highest BCUT2D eigenvalue weighted by Gasteiger charge is 2.18. The number of hydrogen-bond donors (Lipinski definition) is 1. The van der Waals surface area contributed by atoms with Crippen molar-refractivity contribution in [1.82, 2.24) is 9.38 Å². The van der Waals surface area contributed by atoms with Crippen molar-refractivity contribution >= 4 is 11.5 Å². The van der Waals surface area contributed by atoms with Crippen LogP contribution in [0.4, 0.5) is 19.0 Å². The predicted molar refractivity (Wildman–Crippen MR) is 69.7 cm³/mol. The number of anilines is 1. The van der Waals surface area contributed by atoms with E-state index < -0.39 is 17.5 Å². The SMILES string of the molecule is Cc1ccc2nc(-c3cc(F)c(F)cc3F)c(N)n2c1. The Balaban J connectivity index is 2.30. The lowest BCUT2D eigenvalue weighted by Gasteiger charge is -2.03. The fraction of sp³-hybridized carbons (Fsp3) is 0.0714. The fourth-order valence-electron chi connectivity index (χ4n) is 2.07. The lowest BCUT2D eigenvalue weighted by Crippen LogP contribution is -1.97. The highest BCUT2D eigenvalue weighted by atomic mass is 19.2. The number of rotatable bonds is 1. The van der Waals surface area contributed by atoms with Gasteiger partial charge < -0.3 is 5.73 Å². The molecule has 0 aliphatic heterocycles. The summed E-state index contributed by atoms with van der Waals surface area (Å²) in [6.07, 6.45) is 1.74. The molecule has 0 fully saturated rings. The molecule has 6 heteroatoms. The summed E-state index contributed by atoms with van der Waals surface area (Å²) in [5, 5.41) is 0. The summed E-state index contributed by atoms with van der Waals surface area (Å²) in [7, 11) is 0. The summed E-state index contributed by atoms with van der Waals surface area (Å²) in [5.41, 5.74) is 7.29. The lowest BCUT2D eigenvalue weighted by atomic mass is 10.1. The first-order valence-electron chi connectivity index (χ1n) is 5.86. The second-order valence-electron chi connectivity index (χ2n) is 4.53. The Morgan fingerprint density at radius 1 is 1.05 bits per heavy atom. The third kappa shape index (κ3) is 1.80. The van der Waals surface area contributed by atoms with Gasteiger partial charge in [-0.1, -0.05) is 6.07 Å². The van der Waals surface area contributed by atoms with Crippen LogP contribution in [0.15, 0.2) is 30.5 Å². The number of nitrogens with two attached hydrogens (primary N) is 1. The number of nitrogen functional groups attached to an aromatic ring is 1. The Bertz CT molecular complexity index is 824. The van der Waals surface area contributed by atoms with E-state index in [9.17, 15) is 13.2 Å². The molecular weight excluding hydrogens is 267 g/mol. The maximum Gasteiger partial charge on any atom is 0.161 e. The molecule has 20 heavy (non-hydrogen) atoms. The van der Waals surface area contributed by atoms with Crippen LogP contribution in [-0.2, 0) is 0 Å². The first-order chi connectivity index (χ1) is 9.47.